The average Bonchev–Trinajstić information content (AvgIpc) is 3.64. The largest absolute Gasteiger partial charge is 0.368 e. The molecule has 3 aliphatic heterocycles. The zero-order valence-corrected chi connectivity index (χ0v) is 22.4. The van der Waals surface area contributed by atoms with Crippen LogP contribution in [-0.4, -0.2) is 73.9 Å². The lowest BCUT2D eigenvalue weighted by molar-refractivity contribution is -0.172. The number of piperidine rings is 2. The number of oxime groups is 1. The van der Waals surface area contributed by atoms with Crippen LogP contribution in [0.3, 0.4) is 0 Å². The number of aromatic nitrogens is 3. The first-order chi connectivity index (χ1) is 19.1. The summed E-state index contributed by atoms with van der Waals surface area (Å²) < 4.78 is 1.84. The van der Waals surface area contributed by atoms with E-state index in [1.807, 2.05) is 41.9 Å². The molecule has 204 valence electrons. The maximum absolute atomic E-state index is 14.0. The first-order valence-electron chi connectivity index (χ1n) is 14.1. The number of benzene rings is 1. The Hall–Kier alpha value is -3.95. The highest BCUT2D eigenvalue weighted by Crippen LogP contribution is 2.37. The van der Waals surface area contributed by atoms with Gasteiger partial charge in [-0.3, -0.25) is 9.59 Å². The highest BCUT2D eigenvalue weighted by molar-refractivity contribution is 6.19. The average molecular weight is 530 g/mol. The standard InChI is InChI=1S/C29H35N7O3/c1-2-36-26-23(20-31-36)25(32-21-12-6-3-7-13-21)22(19-30-26)24-18-29(39-33-24,27(37)34-14-8-4-9-15-34)28(38)35-16-10-5-11-17-35/h3,6-7,12-13,19-20H,2,4-5,8-11,14-18H2,1H3,(H,30,32). The molecule has 2 saturated heterocycles. The molecule has 2 amide bonds. The van der Waals surface area contributed by atoms with Crippen LogP contribution in [0.15, 0.2) is 47.9 Å². The number of nitrogens with one attached hydrogen (secondary N) is 1. The minimum absolute atomic E-state index is 0.0657. The highest BCUT2D eigenvalue weighted by atomic mass is 16.7. The second-order valence-electron chi connectivity index (χ2n) is 10.6. The third-order valence-electron chi connectivity index (χ3n) is 8.03. The minimum atomic E-state index is -1.68. The fourth-order valence-electron chi connectivity index (χ4n) is 5.88. The molecule has 0 atom stereocenters. The van der Waals surface area contributed by atoms with Gasteiger partial charge >= 0.3 is 0 Å². The van der Waals surface area contributed by atoms with Gasteiger partial charge in [0.05, 0.1) is 29.4 Å². The Balaban J connectivity index is 1.39. The van der Waals surface area contributed by atoms with Crippen molar-refractivity contribution < 1.29 is 14.4 Å². The summed E-state index contributed by atoms with van der Waals surface area (Å²) in [6.45, 7) is 5.25. The molecule has 0 aliphatic carbocycles. The summed E-state index contributed by atoms with van der Waals surface area (Å²) in [5, 5.41) is 13.3. The van der Waals surface area contributed by atoms with Crippen molar-refractivity contribution in [2.45, 2.75) is 64.0 Å². The summed E-state index contributed by atoms with van der Waals surface area (Å²) in [5.74, 6) is -0.552. The fourth-order valence-corrected chi connectivity index (χ4v) is 5.88. The lowest BCUT2D eigenvalue weighted by atomic mass is 9.89. The molecule has 3 aromatic rings. The zero-order valence-electron chi connectivity index (χ0n) is 22.4. The van der Waals surface area contributed by atoms with Crippen LogP contribution in [0, 0.1) is 0 Å². The Morgan fingerprint density at radius 2 is 1.56 bits per heavy atom. The second-order valence-corrected chi connectivity index (χ2v) is 10.6. The molecule has 10 heteroatoms. The minimum Gasteiger partial charge on any atom is -0.368 e. The van der Waals surface area contributed by atoms with Crippen molar-refractivity contribution in [2.75, 3.05) is 31.5 Å². The predicted molar refractivity (Wildman–Crippen MR) is 149 cm³/mol. The van der Waals surface area contributed by atoms with E-state index in [9.17, 15) is 9.59 Å². The molecule has 6 rings (SSSR count). The molecule has 0 unspecified atom stereocenters. The van der Waals surface area contributed by atoms with Crippen LogP contribution < -0.4 is 5.32 Å². The van der Waals surface area contributed by atoms with Crippen LogP contribution >= 0.6 is 0 Å². The smallest absolute Gasteiger partial charge is 0.297 e. The molecule has 2 aromatic heterocycles. The van der Waals surface area contributed by atoms with E-state index >= 15 is 0 Å². The van der Waals surface area contributed by atoms with Gasteiger partial charge < -0.3 is 20.0 Å². The molecular weight excluding hydrogens is 494 g/mol. The van der Waals surface area contributed by atoms with E-state index in [0.717, 1.165) is 60.9 Å². The summed E-state index contributed by atoms with van der Waals surface area (Å²) in [4.78, 5) is 42.4. The first-order valence-corrected chi connectivity index (χ1v) is 14.1. The maximum atomic E-state index is 14.0. The van der Waals surface area contributed by atoms with Crippen molar-refractivity contribution in [3.63, 3.8) is 0 Å². The normalized spacial score (nSPS) is 19.1. The monoisotopic (exact) mass is 529 g/mol. The molecule has 10 nitrogen and oxygen atoms in total. The number of nitrogens with zero attached hydrogens (tertiary/aromatic N) is 6. The number of aryl methyl sites for hydroxylation is 1. The molecule has 0 saturated carbocycles. The van der Waals surface area contributed by atoms with E-state index in [2.05, 4.69) is 15.6 Å². The number of likely N-dealkylation sites (tertiary alicyclic amines) is 2. The second kappa shape index (κ2) is 10.7. The number of hydrogen-bond acceptors (Lipinski definition) is 7. The molecule has 1 aromatic carbocycles. The lowest BCUT2D eigenvalue weighted by Crippen LogP contribution is -2.60. The molecule has 39 heavy (non-hydrogen) atoms. The van der Waals surface area contributed by atoms with E-state index in [1.165, 1.54) is 0 Å². The molecule has 2 fully saturated rings. The van der Waals surface area contributed by atoms with Crippen molar-refractivity contribution in [3.05, 3.63) is 48.3 Å². The van der Waals surface area contributed by atoms with Crippen LogP contribution in [0.2, 0.25) is 0 Å². The molecule has 5 heterocycles. The van der Waals surface area contributed by atoms with E-state index in [-0.39, 0.29) is 18.2 Å². The Bertz CT molecular complexity index is 1360. The highest BCUT2D eigenvalue weighted by Gasteiger charge is 2.57. The van der Waals surface area contributed by atoms with Gasteiger partial charge in [0.1, 0.15) is 0 Å². The van der Waals surface area contributed by atoms with Gasteiger partial charge in [0.15, 0.2) is 5.65 Å². The van der Waals surface area contributed by atoms with Crippen molar-refractivity contribution in [3.8, 4) is 0 Å². The molecular formula is C29H35N7O3. The van der Waals surface area contributed by atoms with E-state index in [0.29, 0.717) is 44.0 Å². The number of carbonyl (C=O) groups is 2. The van der Waals surface area contributed by atoms with Gasteiger partial charge in [-0.15, -0.1) is 0 Å². The molecule has 1 N–H and O–H groups in total. The topological polar surface area (TPSA) is 105 Å². The van der Waals surface area contributed by atoms with Crippen LogP contribution in [0.25, 0.3) is 11.0 Å². The SMILES string of the molecule is CCn1ncc2c(Nc3ccccc3)c(C3=NOC(C(=O)N4CCCCC4)(C(=O)N4CCCCC4)C3)cnc21. The van der Waals surface area contributed by atoms with Gasteiger partial charge in [-0.1, -0.05) is 23.4 Å². The summed E-state index contributed by atoms with van der Waals surface area (Å²) in [6, 6.07) is 9.86. The van der Waals surface area contributed by atoms with Gasteiger partial charge in [-0.05, 0) is 57.6 Å². The molecule has 0 bridgehead atoms. The van der Waals surface area contributed by atoms with Gasteiger partial charge in [0.2, 0.25) is 0 Å². The summed E-state index contributed by atoms with van der Waals surface area (Å²) in [7, 11) is 0. The van der Waals surface area contributed by atoms with Gasteiger partial charge in [-0.2, -0.15) is 5.10 Å². The van der Waals surface area contributed by atoms with Crippen molar-refractivity contribution in [1.29, 1.82) is 0 Å². The third kappa shape index (κ3) is 4.62. The maximum Gasteiger partial charge on any atom is 0.297 e. The molecule has 3 aliphatic rings. The molecule has 0 spiro atoms. The van der Waals surface area contributed by atoms with E-state index < -0.39 is 5.60 Å². The number of rotatable bonds is 6. The van der Waals surface area contributed by atoms with Crippen molar-refractivity contribution in [2.24, 2.45) is 5.16 Å². The Morgan fingerprint density at radius 1 is 0.923 bits per heavy atom. The number of para-hydroxylation sites is 1. The number of carbonyl (C=O) groups excluding carboxylic acids is 2. The zero-order chi connectivity index (χ0) is 26.8. The van der Waals surface area contributed by atoms with Gasteiger partial charge in [0.25, 0.3) is 17.4 Å². The Morgan fingerprint density at radius 3 is 2.18 bits per heavy atom. The first kappa shape index (κ1) is 25.3. The summed E-state index contributed by atoms with van der Waals surface area (Å²) in [5.41, 5.74) is 1.97. The van der Waals surface area contributed by atoms with Crippen LogP contribution in [-0.2, 0) is 21.0 Å². The predicted octanol–water partition coefficient (Wildman–Crippen LogP) is 4.08. The summed E-state index contributed by atoms with van der Waals surface area (Å²) >= 11 is 0. The lowest BCUT2D eigenvalue weighted by Gasteiger charge is -2.37. The number of anilines is 2. The Labute approximate surface area is 228 Å². The van der Waals surface area contributed by atoms with Crippen LogP contribution in [0.5, 0.6) is 0 Å². The third-order valence-corrected chi connectivity index (χ3v) is 8.03. The van der Waals surface area contributed by atoms with E-state index in [4.69, 9.17) is 9.82 Å². The summed E-state index contributed by atoms with van der Waals surface area (Å²) in [6.07, 6.45) is 9.51. The quantitative estimate of drug-likeness (QED) is 0.483. The van der Waals surface area contributed by atoms with Crippen molar-refractivity contribution in [1.82, 2.24) is 24.6 Å². The fraction of sp³-hybridized carbons (Fsp3) is 0.483. The number of pyridine rings is 1. The number of amides is 2. The Kier molecular flexibility index (Phi) is 6.93. The van der Waals surface area contributed by atoms with Gasteiger partial charge in [0, 0.05) is 50.2 Å². The van der Waals surface area contributed by atoms with Crippen molar-refractivity contribution >= 4 is 39.9 Å². The number of hydrogen-bond donors (Lipinski definition) is 1. The van der Waals surface area contributed by atoms with Gasteiger partial charge in [-0.25, -0.2) is 9.67 Å². The van der Waals surface area contributed by atoms with Crippen LogP contribution in [0.1, 0.15) is 57.4 Å². The van der Waals surface area contributed by atoms with E-state index in [1.54, 1.807) is 22.2 Å². The molecule has 0 radical (unpaired) electrons. The van der Waals surface area contributed by atoms with Crippen LogP contribution in [0.4, 0.5) is 11.4 Å². The number of fused-ring (bicyclic) bond motifs is 1.